The molecule has 2 heterocycles. The first kappa shape index (κ1) is 15.1. The standard InChI is InChI=1S/C16H16ClNO4/c17-12-3-1-11(2-4-12)14-6-5-13(22-14)7-18-8-16(15(19)20)9-21-10-16/h1-6,18H,7-10H2,(H,19,20). The van der Waals surface area contributed by atoms with E-state index in [1.165, 1.54) is 0 Å². The minimum Gasteiger partial charge on any atom is -0.481 e. The monoisotopic (exact) mass is 321 g/mol. The van der Waals surface area contributed by atoms with Crippen molar-refractivity contribution in [3.63, 3.8) is 0 Å². The molecule has 0 saturated carbocycles. The number of benzene rings is 1. The van der Waals surface area contributed by atoms with Crippen LogP contribution in [0.1, 0.15) is 5.76 Å². The molecule has 22 heavy (non-hydrogen) atoms. The van der Waals surface area contributed by atoms with Gasteiger partial charge in [0.1, 0.15) is 16.9 Å². The Morgan fingerprint density at radius 1 is 1.23 bits per heavy atom. The summed E-state index contributed by atoms with van der Waals surface area (Å²) in [5.74, 6) is 0.687. The number of carboxylic acid groups (broad SMARTS) is 1. The van der Waals surface area contributed by atoms with Crippen molar-refractivity contribution in [2.45, 2.75) is 6.54 Å². The molecular weight excluding hydrogens is 306 g/mol. The van der Waals surface area contributed by atoms with Crippen LogP contribution in [0.15, 0.2) is 40.8 Å². The summed E-state index contributed by atoms with van der Waals surface area (Å²) in [6, 6.07) is 11.2. The van der Waals surface area contributed by atoms with Crippen LogP contribution >= 0.6 is 11.6 Å². The van der Waals surface area contributed by atoms with Crippen LogP contribution in [0.3, 0.4) is 0 Å². The van der Waals surface area contributed by atoms with Gasteiger partial charge in [0.15, 0.2) is 0 Å². The van der Waals surface area contributed by atoms with Crippen LogP contribution in [-0.2, 0) is 16.1 Å². The Labute approximate surface area is 132 Å². The molecule has 0 amide bonds. The molecule has 1 saturated heterocycles. The number of carboxylic acids is 1. The van der Waals surface area contributed by atoms with Gasteiger partial charge in [0.2, 0.25) is 0 Å². The predicted molar refractivity (Wildman–Crippen MR) is 81.7 cm³/mol. The summed E-state index contributed by atoms with van der Waals surface area (Å²) in [5.41, 5.74) is 0.149. The number of nitrogens with one attached hydrogen (secondary N) is 1. The average Bonchev–Trinajstić information content (AvgIpc) is 2.91. The molecule has 0 bridgehead atoms. The zero-order valence-corrected chi connectivity index (χ0v) is 12.6. The maximum atomic E-state index is 11.2. The molecule has 0 unspecified atom stereocenters. The number of furan rings is 1. The van der Waals surface area contributed by atoms with Crippen LogP contribution in [0.5, 0.6) is 0 Å². The average molecular weight is 322 g/mol. The number of halogens is 1. The van der Waals surface area contributed by atoms with E-state index in [4.69, 9.17) is 20.8 Å². The molecule has 6 heteroatoms. The minimum absolute atomic E-state index is 0.253. The van der Waals surface area contributed by atoms with E-state index >= 15 is 0 Å². The van der Waals surface area contributed by atoms with Gasteiger partial charge in [-0.25, -0.2) is 0 Å². The maximum Gasteiger partial charge on any atom is 0.315 e. The molecule has 1 fully saturated rings. The predicted octanol–water partition coefficient (Wildman–Crippen LogP) is 2.79. The second kappa shape index (κ2) is 6.12. The van der Waals surface area contributed by atoms with Crippen LogP contribution in [0.4, 0.5) is 0 Å². The Bertz CT molecular complexity index is 661. The fourth-order valence-corrected chi connectivity index (χ4v) is 2.44. The van der Waals surface area contributed by atoms with E-state index in [2.05, 4.69) is 5.32 Å². The van der Waals surface area contributed by atoms with Crippen molar-refractivity contribution in [1.29, 1.82) is 0 Å². The number of rotatable bonds is 6. The molecule has 5 nitrogen and oxygen atoms in total. The van der Waals surface area contributed by atoms with Gasteiger partial charge in [-0.3, -0.25) is 4.79 Å². The normalized spacial score (nSPS) is 16.2. The Kier molecular flexibility index (Phi) is 4.20. The van der Waals surface area contributed by atoms with Gasteiger partial charge in [0.05, 0.1) is 19.8 Å². The number of hydrogen-bond donors (Lipinski definition) is 2. The van der Waals surface area contributed by atoms with Gasteiger partial charge < -0.3 is 19.6 Å². The van der Waals surface area contributed by atoms with E-state index in [0.29, 0.717) is 18.1 Å². The van der Waals surface area contributed by atoms with E-state index in [1.807, 2.05) is 36.4 Å². The zero-order valence-electron chi connectivity index (χ0n) is 11.8. The first-order chi connectivity index (χ1) is 10.6. The van der Waals surface area contributed by atoms with Crippen molar-refractivity contribution in [2.24, 2.45) is 5.41 Å². The highest BCUT2D eigenvalue weighted by molar-refractivity contribution is 6.30. The fourth-order valence-electron chi connectivity index (χ4n) is 2.32. The van der Waals surface area contributed by atoms with Gasteiger partial charge in [0, 0.05) is 17.1 Å². The molecule has 1 aromatic heterocycles. The summed E-state index contributed by atoms with van der Waals surface area (Å²) in [6.45, 7) is 1.34. The van der Waals surface area contributed by atoms with Crippen molar-refractivity contribution in [3.05, 3.63) is 47.2 Å². The summed E-state index contributed by atoms with van der Waals surface area (Å²) in [7, 11) is 0. The molecule has 116 valence electrons. The molecule has 0 aliphatic carbocycles. The van der Waals surface area contributed by atoms with Gasteiger partial charge >= 0.3 is 5.97 Å². The van der Waals surface area contributed by atoms with Crippen LogP contribution in [0, 0.1) is 5.41 Å². The van der Waals surface area contributed by atoms with Crippen LogP contribution < -0.4 is 5.32 Å². The van der Waals surface area contributed by atoms with E-state index in [9.17, 15) is 9.90 Å². The van der Waals surface area contributed by atoms with Crippen molar-refractivity contribution in [2.75, 3.05) is 19.8 Å². The van der Waals surface area contributed by atoms with Crippen LogP contribution in [0.25, 0.3) is 11.3 Å². The molecule has 2 N–H and O–H groups in total. The summed E-state index contributed by atoms with van der Waals surface area (Å²) >= 11 is 5.86. The number of aliphatic carboxylic acids is 1. The quantitative estimate of drug-likeness (QED) is 0.856. The fraction of sp³-hybridized carbons (Fsp3) is 0.312. The van der Waals surface area contributed by atoms with Gasteiger partial charge in [-0.15, -0.1) is 0 Å². The summed E-state index contributed by atoms with van der Waals surface area (Å²) in [4.78, 5) is 11.2. The number of hydrogen-bond acceptors (Lipinski definition) is 4. The Hall–Kier alpha value is -1.82. The lowest BCUT2D eigenvalue weighted by Gasteiger charge is -2.37. The van der Waals surface area contributed by atoms with Crippen molar-refractivity contribution in [3.8, 4) is 11.3 Å². The molecule has 1 aliphatic rings. The molecule has 0 radical (unpaired) electrons. The summed E-state index contributed by atoms with van der Waals surface area (Å²) < 4.78 is 10.8. The molecule has 2 aromatic rings. The zero-order chi connectivity index (χ0) is 15.6. The highest BCUT2D eigenvalue weighted by Crippen LogP contribution is 2.27. The summed E-state index contributed by atoms with van der Waals surface area (Å²) in [6.07, 6.45) is 0. The highest BCUT2D eigenvalue weighted by Gasteiger charge is 2.45. The SMILES string of the molecule is O=C(O)C1(CNCc2ccc(-c3ccc(Cl)cc3)o2)COC1. The lowest BCUT2D eigenvalue weighted by Crippen LogP contribution is -2.54. The first-order valence-electron chi connectivity index (χ1n) is 6.96. The molecule has 1 aliphatic heterocycles. The van der Waals surface area contributed by atoms with Crippen molar-refractivity contribution in [1.82, 2.24) is 5.32 Å². The largest absolute Gasteiger partial charge is 0.481 e. The van der Waals surface area contributed by atoms with Crippen molar-refractivity contribution < 1.29 is 19.1 Å². The third-order valence-electron chi connectivity index (χ3n) is 3.76. The topological polar surface area (TPSA) is 71.7 Å². The number of carbonyl (C=O) groups is 1. The Morgan fingerprint density at radius 3 is 2.55 bits per heavy atom. The maximum absolute atomic E-state index is 11.2. The Morgan fingerprint density at radius 2 is 1.95 bits per heavy atom. The van der Waals surface area contributed by atoms with Gasteiger partial charge in [-0.1, -0.05) is 11.6 Å². The van der Waals surface area contributed by atoms with E-state index in [1.54, 1.807) is 0 Å². The highest BCUT2D eigenvalue weighted by atomic mass is 35.5. The molecule has 1 aromatic carbocycles. The third kappa shape index (κ3) is 3.02. The van der Waals surface area contributed by atoms with Gasteiger partial charge in [0.25, 0.3) is 0 Å². The second-order valence-corrected chi connectivity index (χ2v) is 5.89. The molecule has 3 rings (SSSR count). The van der Waals surface area contributed by atoms with Gasteiger partial charge in [-0.2, -0.15) is 0 Å². The van der Waals surface area contributed by atoms with Crippen LogP contribution in [0.2, 0.25) is 5.02 Å². The van der Waals surface area contributed by atoms with E-state index in [-0.39, 0.29) is 13.2 Å². The van der Waals surface area contributed by atoms with E-state index < -0.39 is 11.4 Å². The van der Waals surface area contributed by atoms with Gasteiger partial charge in [-0.05, 0) is 36.4 Å². The van der Waals surface area contributed by atoms with Crippen LogP contribution in [-0.4, -0.2) is 30.8 Å². The lowest BCUT2D eigenvalue weighted by atomic mass is 9.86. The van der Waals surface area contributed by atoms with Crippen molar-refractivity contribution >= 4 is 17.6 Å². The second-order valence-electron chi connectivity index (χ2n) is 5.45. The minimum atomic E-state index is -0.826. The Balaban J connectivity index is 1.58. The first-order valence-corrected chi connectivity index (χ1v) is 7.33. The number of ether oxygens (including phenoxy) is 1. The van der Waals surface area contributed by atoms with E-state index in [0.717, 1.165) is 17.1 Å². The third-order valence-corrected chi connectivity index (χ3v) is 4.02. The molecular formula is C16H16ClNO4. The smallest absolute Gasteiger partial charge is 0.315 e. The molecule has 0 spiro atoms. The molecule has 0 atom stereocenters. The lowest BCUT2D eigenvalue weighted by molar-refractivity contribution is -0.178. The summed E-state index contributed by atoms with van der Waals surface area (Å²) in [5, 5.41) is 13.0.